The number of anilines is 2. The number of benzene rings is 2. The molecule has 2 heterocycles. The van der Waals surface area contributed by atoms with Crippen LogP contribution in [-0.2, 0) is 0 Å². The van der Waals surface area contributed by atoms with Gasteiger partial charge in [-0.2, -0.15) is 0 Å². The topological polar surface area (TPSA) is 137 Å². The number of hydrogen-bond acceptors (Lipinski definition) is 7. The van der Waals surface area contributed by atoms with E-state index in [1.807, 2.05) is 25.1 Å². The largest absolute Gasteiger partial charge is 0.485 e. The predicted molar refractivity (Wildman–Crippen MR) is 146 cm³/mol. The van der Waals surface area contributed by atoms with E-state index < -0.39 is 18.1 Å². The third-order valence-electron chi connectivity index (χ3n) is 6.56. The second-order valence-corrected chi connectivity index (χ2v) is 9.53. The Labute approximate surface area is 226 Å². The van der Waals surface area contributed by atoms with Crippen LogP contribution in [0.4, 0.5) is 16.2 Å². The van der Waals surface area contributed by atoms with E-state index >= 15 is 0 Å². The Morgan fingerprint density at radius 3 is 2.62 bits per heavy atom. The molecule has 11 nitrogen and oxygen atoms in total. The summed E-state index contributed by atoms with van der Waals surface area (Å²) in [4.78, 5) is 50.5. The van der Waals surface area contributed by atoms with Gasteiger partial charge < -0.3 is 30.3 Å². The van der Waals surface area contributed by atoms with Crippen LogP contribution in [-0.4, -0.2) is 81.6 Å². The number of fused-ring (bicyclic) bond motifs is 1. The lowest BCUT2D eigenvalue weighted by Gasteiger charge is -2.38. The molecule has 0 radical (unpaired) electrons. The summed E-state index contributed by atoms with van der Waals surface area (Å²) < 4.78 is 6.44. The van der Waals surface area contributed by atoms with Crippen LogP contribution in [0.3, 0.4) is 0 Å². The number of carbonyl (C=O) groups is 3. The molecule has 3 aromatic rings. The number of hydrogen-bond donors (Lipinski definition) is 3. The molecule has 1 aliphatic rings. The van der Waals surface area contributed by atoms with Crippen molar-refractivity contribution in [2.24, 2.45) is 5.92 Å². The predicted octanol–water partition coefficient (Wildman–Crippen LogP) is 3.11. The molecule has 0 bridgehead atoms. The molecule has 204 valence electrons. The molecule has 0 saturated heterocycles. The molecule has 3 N–H and O–H groups in total. The summed E-state index contributed by atoms with van der Waals surface area (Å²) in [7, 11) is 1.66. The minimum Gasteiger partial charge on any atom is -0.485 e. The van der Waals surface area contributed by atoms with Crippen molar-refractivity contribution in [2.75, 3.05) is 37.4 Å². The average molecular weight is 533 g/mol. The Morgan fingerprint density at radius 2 is 1.92 bits per heavy atom. The van der Waals surface area contributed by atoms with Crippen molar-refractivity contribution >= 4 is 29.2 Å². The molecule has 4 rings (SSSR count). The van der Waals surface area contributed by atoms with E-state index in [2.05, 4.69) is 20.6 Å². The second kappa shape index (κ2) is 12.4. The average Bonchev–Trinajstić information content (AvgIpc) is 2.95. The maximum Gasteiger partial charge on any atom is 0.321 e. The summed E-state index contributed by atoms with van der Waals surface area (Å²) in [5.74, 6) is -0.892. The van der Waals surface area contributed by atoms with E-state index in [0.717, 1.165) is 0 Å². The first-order chi connectivity index (χ1) is 18.8. The van der Waals surface area contributed by atoms with Crippen LogP contribution in [0.5, 0.6) is 5.75 Å². The molecule has 1 aliphatic heterocycles. The fraction of sp³-hybridized carbons (Fsp3) is 0.321. The molecule has 2 aromatic carbocycles. The number of ether oxygens (including phenoxy) is 1. The van der Waals surface area contributed by atoms with E-state index in [4.69, 9.17) is 4.74 Å². The number of aromatic nitrogens is 2. The highest BCUT2D eigenvalue weighted by Gasteiger charge is 2.35. The van der Waals surface area contributed by atoms with Gasteiger partial charge in [-0.15, -0.1) is 0 Å². The summed E-state index contributed by atoms with van der Waals surface area (Å²) >= 11 is 0. The SMILES string of the molecule is C[C@H](CO)N1C[C@H](C)[C@@H](CN(C)C(=O)Nc2ccccc2)Oc2c(NC(=O)c3cnccn3)cccc2C1=O. The Morgan fingerprint density at radius 1 is 1.15 bits per heavy atom. The molecular formula is C28H32N6O5. The second-order valence-electron chi connectivity index (χ2n) is 9.53. The summed E-state index contributed by atoms with van der Waals surface area (Å²) in [5.41, 5.74) is 1.28. The van der Waals surface area contributed by atoms with Crippen molar-refractivity contribution in [3.05, 3.63) is 78.4 Å². The van der Waals surface area contributed by atoms with Crippen LogP contribution in [0, 0.1) is 5.92 Å². The quantitative estimate of drug-likeness (QED) is 0.425. The summed E-state index contributed by atoms with van der Waals surface area (Å²) in [6, 6.07) is 13.2. The van der Waals surface area contributed by atoms with Crippen molar-refractivity contribution in [1.82, 2.24) is 19.8 Å². The normalized spacial score (nSPS) is 17.6. The Kier molecular flexibility index (Phi) is 8.72. The van der Waals surface area contributed by atoms with Gasteiger partial charge in [-0.3, -0.25) is 14.6 Å². The van der Waals surface area contributed by atoms with Gasteiger partial charge in [-0.1, -0.05) is 31.2 Å². The zero-order valence-corrected chi connectivity index (χ0v) is 22.1. The molecule has 4 amide bonds. The highest BCUT2D eigenvalue weighted by Crippen LogP contribution is 2.35. The molecule has 11 heteroatoms. The van der Waals surface area contributed by atoms with Gasteiger partial charge in [0.05, 0.1) is 36.6 Å². The Balaban J connectivity index is 1.65. The van der Waals surface area contributed by atoms with Crippen LogP contribution in [0.15, 0.2) is 67.1 Å². The Hall–Kier alpha value is -4.51. The number of rotatable bonds is 7. The van der Waals surface area contributed by atoms with Crippen molar-refractivity contribution in [3.8, 4) is 5.75 Å². The number of likely N-dealkylation sites (N-methyl/N-ethyl adjacent to an activating group) is 1. The summed E-state index contributed by atoms with van der Waals surface area (Å²) in [5, 5.41) is 15.5. The number of urea groups is 1. The van der Waals surface area contributed by atoms with Crippen LogP contribution >= 0.6 is 0 Å². The van der Waals surface area contributed by atoms with Crippen molar-refractivity contribution in [3.63, 3.8) is 0 Å². The first kappa shape index (κ1) is 27.5. The maximum absolute atomic E-state index is 13.6. The van der Waals surface area contributed by atoms with Gasteiger partial charge in [0.2, 0.25) is 0 Å². The summed E-state index contributed by atoms with van der Waals surface area (Å²) in [6.45, 7) is 3.96. The third-order valence-corrected chi connectivity index (χ3v) is 6.56. The standard InChI is InChI=1S/C28H32N6O5/c1-18-15-34(19(2)17-35)27(37)21-10-7-11-22(32-26(36)23-14-29-12-13-30-23)25(21)39-24(18)16-33(3)28(38)31-20-8-5-4-6-9-20/h4-14,18-19,24,35H,15-17H2,1-3H3,(H,31,38)(H,32,36)/t18-,19+,24+/m0/s1. The minimum atomic E-state index is -0.550. The number of para-hydroxylation sites is 2. The van der Waals surface area contributed by atoms with Gasteiger partial charge >= 0.3 is 6.03 Å². The number of nitrogens with zero attached hydrogens (tertiary/aromatic N) is 4. The lowest BCUT2D eigenvalue weighted by atomic mass is 9.99. The van der Waals surface area contributed by atoms with Gasteiger partial charge in [0, 0.05) is 37.6 Å². The third kappa shape index (κ3) is 6.50. The molecule has 0 spiro atoms. The van der Waals surface area contributed by atoms with Crippen LogP contribution in [0.2, 0.25) is 0 Å². The fourth-order valence-corrected chi connectivity index (χ4v) is 4.26. The lowest BCUT2D eigenvalue weighted by Crippen LogP contribution is -2.50. The van der Waals surface area contributed by atoms with E-state index in [1.165, 1.54) is 23.5 Å². The van der Waals surface area contributed by atoms with Gasteiger partial charge in [-0.25, -0.2) is 9.78 Å². The molecular weight excluding hydrogens is 500 g/mol. The highest BCUT2D eigenvalue weighted by molar-refractivity contribution is 6.06. The molecule has 1 aromatic heterocycles. The first-order valence-corrected chi connectivity index (χ1v) is 12.6. The van der Waals surface area contributed by atoms with E-state index in [-0.39, 0.29) is 53.7 Å². The van der Waals surface area contributed by atoms with Crippen LogP contribution in [0.1, 0.15) is 34.7 Å². The zero-order valence-electron chi connectivity index (χ0n) is 22.1. The number of amides is 4. The molecule has 0 fully saturated rings. The molecule has 0 unspecified atom stereocenters. The minimum absolute atomic E-state index is 0.102. The fourth-order valence-electron chi connectivity index (χ4n) is 4.26. The number of aliphatic hydroxyl groups is 1. The van der Waals surface area contributed by atoms with Gasteiger partial charge in [-0.05, 0) is 31.2 Å². The number of nitrogens with one attached hydrogen (secondary N) is 2. The van der Waals surface area contributed by atoms with Gasteiger partial charge in [0.25, 0.3) is 11.8 Å². The van der Waals surface area contributed by atoms with Crippen molar-refractivity contribution in [2.45, 2.75) is 26.0 Å². The zero-order chi connectivity index (χ0) is 27.9. The van der Waals surface area contributed by atoms with Crippen molar-refractivity contribution < 1.29 is 24.2 Å². The molecule has 0 aliphatic carbocycles. The van der Waals surface area contributed by atoms with E-state index in [0.29, 0.717) is 12.2 Å². The molecule has 39 heavy (non-hydrogen) atoms. The Bertz CT molecular complexity index is 1310. The molecule has 0 saturated carbocycles. The van der Waals surface area contributed by atoms with Gasteiger partial charge in [0.1, 0.15) is 11.8 Å². The van der Waals surface area contributed by atoms with Crippen LogP contribution < -0.4 is 15.4 Å². The summed E-state index contributed by atoms with van der Waals surface area (Å²) in [6.07, 6.45) is 3.66. The monoisotopic (exact) mass is 532 g/mol. The van der Waals surface area contributed by atoms with Crippen molar-refractivity contribution in [1.29, 1.82) is 0 Å². The first-order valence-electron chi connectivity index (χ1n) is 12.6. The van der Waals surface area contributed by atoms with Crippen LogP contribution in [0.25, 0.3) is 0 Å². The lowest BCUT2D eigenvalue weighted by molar-refractivity contribution is 0.0372. The highest BCUT2D eigenvalue weighted by atomic mass is 16.5. The van der Waals surface area contributed by atoms with Gasteiger partial charge in [0.15, 0.2) is 5.75 Å². The number of aliphatic hydroxyl groups excluding tert-OH is 1. The maximum atomic E-state index is 13.6. The molecule has 3 atom stereocenters. The van der Waals surface area contributed by atoms with E-state index in [1.54, 1.807) is 49.2 Å². The number of carbonyl (C=O) groups excluding carboxylic acids is 3. The smallest absolute Gasteiger partial charge is 0.321 e. The van der Waals surface area contributed by atoms with E-state index in [9.17, 15) is 19.5 Å².